The van der Waals surface area contributed by atoms with E-state index in [2.05, 4.69) is 27.7 Å². The minimum Gasteiger partial charge on any atom is -0.379 e. The van der Waals surface area contributed by atoms with Gasteiger partial charge in [0.1, 0.15) is 0 Å². The number of rotatable bonds is 10. The first kappa shape index (κ1) is 14.9. The summed E-state index contributed by atoms with van der Waals surface area (Å²) in [7, 11) is 0. The Hall–Kier alpha value is -0.120. The van der Waals surface area contributed by atoms with Crippen LogP contribution in [0.4, 0.5) is 0 Å². The summed E-state index contributed by atoms with van der Waals surface area (Å²) in [5.74, 6) is 0. The van der Waals surface area contributed by atoms with Gasteiger partial charge in [0.05, 0.1) is 32.0 Å². The SMILES string of the molecule is CCCOCCOCCOC(C)(C)CC. The van der Waals surface area contributed by atoms with E-state index in [0.717, 1.165) is 19.4 Å². The largest absolute Gasteiger partial charge is 0.379 e. The minimum absolute atomic E-state index is 0.0257. The highest BCUT2D eigenvalue weighted by atomic mass is 16.5. The van der Waals surface area contributed by atoms with Crippen LogP contribution in [-0.2, 0) is 14.2 Å². The molecule has 0 aliphatic heterocycles. The van der Waals surface area contributed by atoms with E-state index in [1.807, 2.05) is 0 Å². The molecule has 0 saturated heterocycles. The molecule has 0 rings (SSSR count). The maximum Gasteiger partial charge on any atom is 0.0707 e. The highest BCUT2D eigenvalue weighted by Crippen LogP contribution is 2.12. The third-order valence-electron chi connectivity index (χ3n) is 2.29. The Labute approximate surface area is 94.1 Å². The van der Waals surface area contributed by atoms with Crippen molar-refractivity contribution >= 4 is 0 Å². The maximum absolute atomic E-state index is 5.64. The quantitative estimate of drug-likeness (QED) is 0.528. The van der Waals surface area contributed by atoms with Gasteiger partial charge in [0, 0.05) is 6.61 Å². The number of ether oxygens (including phenoxy) is 3. The highest BCUT2D eigenvalue weighted by molar-refractivity contribution is 4.64. The Kier molecular flexibility index (Phi) is 9.06. The second kappa shape index (κ2) is 9.13. The lowest BCUT2D eigenvalue weighted by molar-refractivity contribution is -0.0535. The van der Waals surface area contributed by atoms with Gasteiger partial charge in [-0.25, -0.2) is 0 Å². The van der Waals surface area contributed by atoms with E-state index in [-0.39, 0.29) is 5.60 Å². The molecule has 3 heteroatoms. The molecule has 0 spiro atoms. The molecule has 0 heterocycles. The molecule has 92 valence electrons. The first-order valence-electron chi connectivity index (χ1n) is 5.92. The maximum atomic E-state index is 5.64. The van der Waals surface area contributed by atoms with Crippen LogP contribution < -0.4 is 0 Å². The summed E-state index contributed by atoms with van der Waals surface area (Å²) in [5, 5.41) is 0. The van der Waals surface area contributed by atoms with Crippen molar-refractivity contribution in [2.24, 2.45) is 0 Å². The molecule has 15 heavy (non-hydrogen) atoms. The van der Waals surface area contributed by atoms with E-state index in [9.17, 15) is 0 Å². The topological polar surface area (TPSA) is 27.7 Å². The average Bonchev–Trinajstić information content (AvgIpc) is 2.22. The van der Waals surface area contributed by atoms with Crippen LogP contribution in [-0.4, -0.2) is 38.6 Å². The third-order valence-corrected chi connectivity index (χ3v) is 2.29. The Morgan fingerprint density at radius 2 is 1.33 bits per heavy atom. The molecule has 0 aliphatic rings. The fraction of sp³-hybridized carbons (Fsp3) is 1.00. The van der Waals surface area contributed by atoms with Gasteiger partial charge in [-0.2, -0.15) is 0 Å². The van der Waals surface area contributed by atoms with Crippen molar-refractivity contribution in [3.05, 3.63) is 0 Å². The third kappa shape index (κ3) is 10.2. The van der Waals surface area contributed by atoms with Gasteiger partial charge in [-0.05, 0) is 26.7 Å². The molecule has 0 aromatic rings. The zero-order valence-corrected chi connectivity index (χ0v) is 10.7. The molecular formula is C12H26O3. The van der Waals surface area contributed by atoms with E-state index in [4.69, 9.17) is 14.2 Å². The van der Waals surface area contributed by atoms with Crippen molar-refractivity contribution in [3.63, 3.8) is 0 Å². The number of hydrogen-bond donors (Lipinski definition) is 0. The first-order valence-corrected chi connectivity index (χ1v) is 5.92. The van der Waals surface area contributed by atoms with E-state index >= 15 is 0 Å². The molecule has 0 unspecified atom stereocenters. The van der Waals surface area contributed by atoms with Gasteiger partial charge in [0.15, 0.2) is 0 Å². The lowest BCUT2D eigenvalue weighted by Crippen LogP contribution is -2.25. The van der Waals surface area contributed by atoms with Gasteiger partial charge >= 0.3 is 0 Å². The molecule has 0 fully saturated rings. The molecule has 0 radical (unpaired) electrons. The van der Waals surface area contributed by atoms with E-state index in [1.165, 1.54) is 0 Å². The Morgan fingerprint density at radius 3 is 1.87 bits per heavy atom. The molecule has 3 nitrogen and oxygen atoms in total. The van der Waals surface area contributed by atoms with Crippen LogP contribution in [0.3, 0.4) is 0 Å². The second-order valence-electron chi connectivity index (χ2n) is 4.19. The Bertz CT molecular complexity index is 135. The molecule has 0 aromatic heterocycles. The van der Waals surface area contributed by atoms with Gasteiger partial charge in [-0.1, -0.05) is 13.8 Å². The summed E-state index contributed by atoms with van der Waals surface area (Å²) in [4.78, 5) is 0. The van der Waals surface area contributed by atoms with Gasteiger partial charge in [-0.3, -0.25) is 0 Å². The van der Waals surface area contributed by atoms with Gasteiger partial charge in [-0.15, -0.1) is 0 Å². The van der Waals surface area contributed by atoms with Crippen molar-refractivity contribution in [1.29, 1.82) is 0 Å². The number of hydrogen-bond acceptors (Lipinski definition) is 3. The molecule has 0 aliphatic carbocycles. The molecular weight excluding hydrogens is 192 g/mol. The second-order valence-corrected chi connectivity index (χ2v) is 4.19. The molecule has 0 N–H and O–H groups in total. The van der Waals surface area contributed by atoms with Crippen LogP contribution in [0.1, 0.15) is 40.5 Å². The summed E-state index contributed by atoms with van der Waals surface area (Å²) >= 11 is 0. The van der Waals surface area contributed by atoms with E-state index in [0.29, 0.717) is 26.4 Å². The Morgan fingerprint density at radius 1 is 0.800 bits per heavy atom. The lowest BCUT2D eigenvalue weighted by atomic mass is 10.1. The van der Waals surface area contributed by atoms with E-state index in [1.54, 1.807) is 0 Å². The highest BCUT2D eigenvalue weighted by Gasteiger charge is 2.14. The fourth-order valence-corrected chi connectivity index (χ4v) is 0.945. The van der Waals surface area contributed by atoms with Crippen LogP contribution in [0.15, 0.2) is 0 Å². The normalized spacial score (nSPS) is 12.0. The monoisotopic (exact) mass is 218 g/mol. The Balaban J connectivity index is 3.11. The predicted octanol–water partition coefficient (Wildman–Crippen LogP) is 2.63. The summed E-state index contributed by atoms with van der Waals surface area (Å²) in [6.45, 7) is 11.9. The average molecular weight is 218 g/mol. The molecule has 0 bridgehead atoms. The van der Waals surface area contributed by atoms with Crippen molar-refractivity contribution in [2.75, 3.05) is 33.0 Å². The summed E-state index contributed by atoms with van der Waals surface area (Å²) in [6, 6.07) is 0. The molecule has 0 saturated carbocycles. The zero-order chi connectivity index (χ0) is 11.6. The lowest BCUT2D eigenvalue weighted by Gasteiger charge is -2.23. The zero-order valence-electron chi connectivity index (χ0n) is 10.7. The summed E-state index contributed by atoms with van der Waals surface area (Å²) in [5.41, 5.74) is -0.0257. The van der Waals surface area contributed by atoms with Gasteiger partial charge < -0.3 is 14.2 Å². The minimum atomic E-state index is -0.0257. The van der Waals surface area contributed by atoms with E-state index < -0.39 is 0 Å². The molecule has 0 atom stereocenters. The van der Waals surface area contributed by atoms with Crippen molar-refractivity contribution in [2.45, 2.75) is 46.1 Å². The first-order chi connectivity index (χ1) is 7.12. The van der Waals surface area contributed by atoms with Crippen molar-refractivity contribution in [3.8, 4) is 0 Å². The van der Waals surface area contributed by atoms with Crippen LogP contribution >= 0.6 is 0 Å². The molecule has 0 aromatic carbocycles. The van der Waals surface area contributed by atoms with Crippen LogP contribution in [0.2, 0.25) is 0 Å². The standard InChI is InChI=1S/C12H26O3/c1-5-7-13-8-9-14-10-11-15-12(3,4)6-2/h5-11H2,1-4H3. The van der Waals surface area contributed by atoms with Crippen LogP contribution in [0.25, 0.3) is 0 Å². The summed E-state index contributed by atoms with van der Waals surface area (Å²) < 4.78 is 16.3. The van der Waals surface area contributed by atoms with Gasteiger partial charge in [0.25, 0.3) is 0 Å². The smallest absolute Gasteiger partial charge is 0.0707 e. The fourth-order valence-electron chi connectivity index (χ4n) is 0.945. The van der Waals surface area contributed by atoms with Crippen molar-refractivity contribution < 1.29 is 14.2 Å². The van der Waals surface area contributed by atoms with Crippen LogP contribution in [0, 0.1) is 0 Å². The predicted molar refractivity (Wildman–Crippen MR) is 62.3 cm³/mol. The van der Waals surface area contributed by atoms with Gasteiger partial charge in [0.2, 0.25) is 0 Å². The molecule has 0 amide bonds. The van der Waals surface area contributed by atoms with Crippen molar-refractivity contribution in [1.82, 2.24) is 0 Å². The summed E-state index contributed by atoms with van der Waals surface area (Å²) in [6.07, 6.45) is 2.08. The van der Waals surface area contributed by atoms with Crippen LogP contribution in [0.5, 0.6) is 0 Å².